The molecule has 0 spiro atoms. The smallest absolute Gasteiger partial charge is 0.302 e. The van der Waals surface area contributed by atoms with Crippen molar-refractivity contribution in [2.24, 2.45) is 0 Å². The van der Waals surface area contributed by atoms with Gasteiger partial charge in [-0.05, 0) is 48.5 Å². The van der Waals surface area contributed by atoms with Gasteiger partial charge in [0.15, 0.2) is 5.16 Å². The summed E-state index contributed by atoms with van der Waals surface area (Å²) in [5, 5.41) is 3.96. The quantitative estimate of drug-likeness (QED) is 0.258. The van der Waals surface area contributed by atoms with Crippen LogP contribution >= 0.6 is 11.8 Å². The van der Waals surface area contributed by atoms with Crippen LogP contribution in [0, 0.1) is 0 Å². The molecule has 176 valence electrons. The third-order valence-corrected chi connectivity index (χ3v) is 6.32. The van der Waals surface area contributed by atoms with Crippen LogP contribution in [0.15, 0.2) is 87.2 Å². The lowest BCUT2D eigenvalue weighted by Gasteiger charge is -2.12. The Labute approximate surface area is 204 Å². The highest BCUT2D eigenvalue weighted by atomic mass is 32.2. The van der Waals surface area contributed by atoms with Crippen molar-refractivity contribution < 1.29 is 18.7 Å². The van der Waals surface area contributed by atoms with Gasteiger partial charge in [-0.1, -0.05) is 30.0 Å². The molecule has 8 nitrogen and oxygen atoms in total. The summed E-state index contributed by atoms with van der Waals surface area (Å²) in [6, 6.07) is 21.5. The van der Waals surface area contributed by atoms with Crippen LogP contribution in [0.4, 0.5) is 5.69 Å². The van der Waals surface area contributed by atoms with Crippen molar-refractivity contribution in [2.45, 2.75) is 5.16 Å². The van der Waals surface area contributed by atoms with E-state index in [1.807, 2.05) is 18.2 Å². The van der Waals surface area contributed by atoms with Crippen LogP contribution in [0.3, 0.4) is 0 Å². The van der Waals surface area contributed by atoms with E-state index in [1.54, 1.807) is 68.8 Å². The zero-order valence-corrected chi connectivity index (χ0v) is 19.8. The van der Waals surface area contributed by atoms with Crippen molar-refractivity contribution in [3.63, 3.8) is 0 Å². The number of carbonyl (C=O) groups is 1. The lowest BCUT2D eigenvalue weighted by molar-refractivity contribution is -0.113. The molecule has 9 heteroatoms. The summed E-state index contributed by atoms with van der Waals surface area (Å²) in [6.45, 7) is 0. The third-order valence-electron chi connectivity index (χ3n) is 5.38. The Balaban J connectivity index is 1.53. The number of thioether (sulfide) groups is 1. The highest BCUT2D eigenvalue weighted by molar-refractivity contribution is 7.99. The number of nitrogens with zero attached hydrogens (tertiary/aromatic N) is 2. The number of hydrogen-bond acceptors (Lipinski definition) is 7. The predicted molar refractivity (Wildman–Crippen MR) is 136 cm³/mol. The monoisotopic (exact) mass is 487 g/mol. The van der Waals surface area contributed by atoms with Gasteiger partial charge in [0.2, 0.25) is 11.5 Å². The van der Waals surface area contributed by atoms with E-state index in [0.29, 0.717) is 39.1 Å². The molecule has 0 fully saturated rings. The molecule has 1 amide bonds. The summed E-state index contributed by atoms with van der Waals surface area (Å²) in [5.41, 5.74) is 2.05. The van der Waals surface area contributed by atoms with Crippen molar-refractivity contribution in [1.82, 2.24) is 9.55 Å². The lowest BCUT2D eigenvalue weighted by Crippen LogP contribution is -2.22. The van der Waals surface area contributed by atoms with E-state index in [4.69, 9.17) is 18.9 Å². The minimum absolute atomic E-state index is 0.0428. The molecule has 0 bridgehead atoms. The van der Waals surface area contributed by atoms with Gasteiger partial charge < -0.3 is 19.2 Å². The molecular weight excluding hydrogens is 466 g/mol. The summed E-state index contributed by atoms with van der Waals surface area (Å²) < 4.78 is 17.7. The normalized spacial score (nSPS) is 11.0. The molecule has 2 heterocycles. The molecule has 3 aromatic carbocycles. The van der Waals surface area contributed by atoms with E-state index in [2.05, 4.69) is 5.32 Å². The summed E-state index contributed by atoms with van der Waals surface area (Å²) in [6.07, 6.45) is 0. The van der Waals surface area contributed by atoms with E-state index in [-0.39, 0.29) is 22.8 Å². The van der Waals surface area contributed by atoms with Crippen LogP contribution in [-0.2, 0) is 4.79 Å². The van der Waals surface area contributed by atoms with Crippen LogP contribution in [-0.4, -0.2) is 35.4 Å². The molecule has 0 atom stereocenters. The fourth-order valence-corrected chi connectivity index (χ4v) is 4.51. The van der Waals surface area contributed by atoms with E-state index >= 15 is 0 Å². The van der Waals surface area contributed by atoms with Crippen LogP contribution in [0.2, 0.25) is 0 Å². The van der Waals surface area contributed by atoms with E-state index in [0.717, 1.165) is 5.39 Å². The largest absolute Gasteiger partial charge is 0.497 e. The third kappa shape index (κ3) is 4.45. The van der Waals surface area contributed by atoms with Crippen molar-refractivity contribution in [3.05, 3.63) is 83.2 Å². The highest BCUT2D eigenvalue weighted by Gasteiger charge is 2.20. The lowest BCUT2D eigenvalue weighted by atomic mass is 10.2. The molecule has 1 N–H and O–H groups in total. The predicted octanol–water partition coefficient (Wildman–Crippen LogP) is 4.88. The zero-order chi connectivity index (χ0) is 24.4. The van der Waals surface area contributed by atoms with E-state index < -0.39 is 0 Å². The maximum Gasteiger partial charge on any atom is 0.302 e. The number of furan rings is 1. The van der Waals surface area contributed by atoms with Gasteiger partial charge in [0.25, 0.3) is 0 Å². The van der Waals surface area contributed by atoms with Crippen LogP contribution in [0.1, 0.15) is 0 Å². The molecule has 0 radical (unpaired) electrons. The Kier molecular flexibility index (Phi) is 6.15. The number of benzene rings is 3. The average molecular weight is 488 g/mol. The first kappa shape index (κ1) is 22.5. The van der Waals surface area contributed by atoms with Crippen LogP contribution < -0.4 is 20.3 Å². The number of hydrogen-bond donors (Lipinski definition) is 1. The molecule has 0 saturated heterocycles. The minimum atomic E-state index is -0.355. The van der Waals surface area contributed by atoms with Crippen molar-refractivity contribution in [3.8, 4) is 17.2 Å². The van der Waals surface area contributed by atoms with Crippen molar-refractivity contribution >= 4 is 45.4 Å². The van der Waals surface area contributed by atoms with Gasteiger partial charge in [0.1, 0.15) is 22.6 Å². The number of ether oxygens (including phenoxy) is 2. The van der Waals surface area contributed by atoms with Gasteiger partial charge in [0.05, 0.1) is 25.7 Å². The maximum absolute atomic E-state index is 13.6. The number of para-hydroxylation sites is 1. The summed E-state index contributed by atoms with van der Waals surface area (Å²) in [4.78, 5) is 31.0. The molecule has 35 heavy (non-hydrogen) atoms. The fourth-order valence-electron chi connectivity index (χ4n) is 3.71. The molecule has 0 unspecified atom stereocenters. The Morgan fingerprint density at radius 3 is 2.54 bits per heavy atom. The number of nitrogens with one attached hydrogen (secondary N) is 1. The zero-order valence-electron chi connectivity index (χ0n) is 19.0. The van der Waals surface area contributed by atoms with Crippen molar-refractivity contribution in [1.29, 1.82) is 0 Å². The molecular formula is C26H21N3O5S. The molecule has 5 rings (SSSR count). The number of fused-ring (bicyclic) bond motifs is 3. The van der Waals surface area contributed by atoms with Gasteiger partial charge in [-0.3, -0.25) is 14.2 Å². The average Bonchev–Trinajstić information content (AvgIpc) is 3.27. The number of rotatable bonds is 7. The SMILES string of the molecule is COc1ccc(-n2c(SCC(=O)Nc3cccc(OC)c3)nc3c(oc4ccccc43)c2=O)cc1. The molecule has 5 aromatic rings. The first-order chi connectivity index (χ1) is 17.1. The molecule has 0 aliphatic rings. The van der Waals surface area contributed by atoms with Gasteiger partial charge >= 0.3 is 5.56 Å². The van der Waals surface area contributed by atoms with Gasteiger partial charge in [-0.15, -0.1) is 0 Å². The maximum atomic E-state index is 13.6. The second kappa shape index (κ2) is 9.55. The molecule has 0 aliphatic carbocycles. The minimum Gasteiger partial charge on any atom is -0.497 e. The molecule has 0 saturated carbocycles. The number of carbonyl (C=O) groups excluding carboxylic acids is 1. The van der Waals surface area contributed by atoms with Crippen LogP contribution in [0.5, 0.6) is 11.5 Å². The van der Waals surface area contributed by atoms with E-state index in [9.17, 15) is 9.59 Å². The van der Waals surface area contributed by atoms with E-state index in [1.165, 1.54) is 16.3 Å². The number of amides is 1. The standard InChI is InChI=1S/C26H21N3O5S/c1-32-18-12-10-17(11-13-18)29-25(31)24-23(20-8-3-4-9-21(20)34-24)28-26(29)35-15-22(30)27-16-6-5-7-19(14-16)33-2/h3-14H,15H2,1-2H3,(H,27,30). The molecule has 0 aliphatic heterocycles. The van der Waals surface area contributed by atoms with Gasteiger partial charge in [-0.25, -0.2) is 4.98 Å². The summed E-state index contributed by atoms with van der Waals surface area (Å²) in [5.74, 6) is 1.10. The Bertz CT molecular complexity index is 1590. The topological polar surface area (TPSA) is 95.6 Å². The summed E-state index contributed by atoms with van der Waals surface area (Å²) >= 11 is 1.17. The van der Waals surface area contributed by atoms with Crippen LogP contribution in [0.25, 0.3) is 27.8 Å². The fraction of sp³-hybridized carbons (Fsp3) is 0.115. The first-order valence-electron chi connectivity index (χ1n) is 10.7. The van der Waals surface area contributed by atoms with Crippen molar-refractivity contribution in [2.75, 3.05) is 25.3 Å². The second-order valence-electron chi connectivity index (χ2n) is 7.58. The Morgan fingerprint density at radius 1 is 1.00 bits per heavy atom. The summed E-state index contributed by atoms with van der Waals surface area (Å²) in [7, 11) is 3.14. The number of aromatic nitrogens is 2. The number of methoxy groups -OCH3 is 2. The Hall–Kier alpha value is -4.24. The van der Waals surface area contributed by atoms with Gasteiger partial charge in [0, 0.05) is 17.1 Å². The Morgan fingerprint density at radius 2 is 1.77 bits per heavy atom. The molecule has 2 aromatic heterocycles. The highest BCUT2D eigenvalue weighted by Crippen LogP contribution is 2.29. The second-order valence-corrected chi connectivity index (χ2v) is 8.52. The van der Waals surface area contributed by atoms with Gasteiger partial charge in [-0.2, -0.15) is 0 Å². The number of anilines is 1. The first-order valence-corrected chi connectivity index (χ1v) is 11.7.